The highest BCUT2D eigenvalue weighted by atomic mass is 32.2. The smallest absolute Gasteiger partial charge is 0.255 e. The van der Waals surface area contributed by atoms with Gasteiger partial charge in [-0.05, 0) is 36.4 Å². The van der Waals surface area contributed by atoms with E-state index in [0.717, 1.165) is 21.8 Å². The molecule has 6 nitrogen and oxygen atoms in total. The predicted octanol–water partition coefficient (Wildman–Crippen LogP) is 4.37. The monoisotopic (exact) mass is 428 g/mol. The number of para-hydroxylation sites is 1. The standard InChI is InChI=1S/C24H20N4O2S/c25-23(29)16-31-22-12-5-4-11-20(22)27-24(30)18-9-6-10-19(15-18)28-21(13-14-26-28)17-7-2-1-3-8-17/h1-15H,16H2,(H2,25,29)(H,27,30). The summed E-state index contributed by atoms with van der Waals surface area (Å²) in [7, 11) is 0. The lowest BCUT2D eigenvalue weighted by atomic mass is 10.1. The number of anilines is 1. The third kappa shape index (κ3) is 4.84. The Morgan fingerprint density at radius 1 is 0.935 bits per heavy atom. The summed E-state index contributed by atoms with van der Waals surface area (Å²) in [5, 5.41) is 7.37. The van der Waals surface area contributed by atoms with Crippen molar-refractivity contribution in [2.45, 2.75) is 4.90 Å². The van der Waals surface area contributed by atoms with Gasteiger partial charge in [0, 0.05) is 16.0 Å². The maximum absolute atomic E-state index is 12.9. The van der Waals surface area contributed by atoms with Crippen LogP contribution in [0.5, 0.6) is 0 Å². The second-order valence-electron chi connectivity index (χ2n) is 6.75. The Labute approximate surface area is 184 Å². The number of hydrogen-bond acceptors (Lipinski definition) is 4. The quantitative estimate of drug-likeness (QED) is 0.428. The van der Waals surface area contributed by atoms with Crippen LogP contribution in [0, 0.1) is 0 Å². The van der Waals surface area contributed by atoms with Crippen LogP contribution in [0.2, 0.25) is 0 Å². The molecule has 7 heteroatoms. The molecular formula is C24H20N4O2S. The van der Waals surface area contributed by atoms with Gasteiger partial charge >= 0.3 is 0 Å². The zero-order valence-electron chi connectivity index (χ0n) is 16.6. The minimum Gasteiger partial charge on any atom is -0.369 e. The number of benzene rings is 3. The van der Waals surface area contributed by atoms with E-state index in [1.807, 2.05) is 71.4 Å². The topological polar surface area (TPSA) is 90.0 Å². The van der Waals surface area contributed by atoms with Crippen LogP contribution < -0.4 is 11.1 Å². The summed E-state index contributed by atoms with van der Waals surface area (Å²) in [6.45, 7) is 0. The Hall–Kier alpha value is -3.84. The number of hydrogen-bond donors (Lipinski definition) is 2. The minimum absolute atomic E-state index is 0.143. The van der Waals surface area contributed by atoms with E-state index in [9.17, 15) is 9.59 Å². The molecule has 0 unspecified atom stereocenters. The first-order valence-corrected chi connectivity index (χ1v) is 10.6. The predicted molar refractivity (Wildman–Crippen MR) is 123 cm³/mol. The van der Waals surface area contributed by atoms with Gasteiger partial charge in [0.05, 0.1) is 29.0 Å². The van der Waals surface area contributed by atoms with Gasteiger partial charge in [-0.1, -0.05) is 48.5 Å². The molecule has 4 rings (SSSR count). The molecule has 0 bridgehead atoms. The number of rotatable bonds is 7. The first kappa shape index (κ1) is 20.4. The van der Waals surface area contributed by atoms with Crippen molar-refractivity contribution in [3.05, 3.63) is 96.7 Å². The number of carbonyl (C=O) groups is 2. The molecule has 3 aromatic carbocycles. The van der Waals surface area contributed by atoms with Gasteiger partial charge in [0.25, 0.3) is 5.91 Å². The van der Waals surface area contributed by atoms with Gasteiger partial charge in [-0.2, -0.15) is 5.10 Å². The van der Waals surface area contributed by atoms with Crippen LogP contribution >= 0.6 is 11.8 Å². The third-order valence-corrected chi connectivity index (χ3v) is 5.67. The molecule has 0 saturated heterocycles. The molecule has 0 radical (unpaired) electrons. The van der Waals surface area contributed by atoms with E-state index in [4.69, 9.17) is 5.73 Å². The summed E-state index contributed by atoms with van der Waals surface area (Å²) in [5.41, 5.74) is 9.14. The molecule has 0 aliphatic heterocycles. The van der Waals surface area contributed by atoms with E-state index in [0.29, 0.717) is 11.3 Å². The van der Waals surface area contributed by atoms with Crippen molar-refractivity contribution in [1.29, 1.82) is 0 Å². The highest BCUT2D eigenvalue weighted by Gasteiger charge is 2.13. The van der Waals surface area contributed by atoms with Gasteiger partial charge < -0.3 is 11.1 Å². The fourth-order valence-electron chi connectivity index (χ4n) is 3.15. The molecule has 154 valence electrons. The number of primary amides is 1. The van der Waals surface area contributed by atoms with E-state index < -0.39 is 5.91 Å². The van der Waals surface area contributed by atoms with E-state index in [2.05, 4.69) is 10.4 Å². The Morgan fingerprint density at radius 3 is 2.52 bits per heavy atom. The second-order valence-corrected chi connectivity index (χ2v) is 7.77. The summed E-state index contributed by atoms with van der Waals surface area (Å²) in [6, 6.07) is 26.5. The van der Waals surface area contributed by atoms with Gasteiger partial charge in [-0.25, -0.2) is 4.68 Å². The van der Waals surface area contributed by atoms with E-state index in [-0.39, 0.29) is 11.7 Å². The number of nitrogens with one attached hydrogen (secondary N) is 1. The average molecular weight is 429 g/mol. The van der Waals surface area contributed by atoms with Crippen molar-refractivity contribution in [3.63, 3.8) is 0 Å². The summed E-state index contributed by atoms with van der Waals surface area (Å²) >= 11 is 1.29. The molecule has 1 aromatic heterocycles. The fraction of sp³-hybridized carbons (Fsp3) is 0.0417. The maximum atomic E-state index is 12.9. The van der Waals surface area contributed by atoms with E-state index in [1.54, 1.807) is 24.4 Å². The summed E-state index contributed by atoms with van der Waals surface area (Å²) in [6.07, 6.45) is 1.74. The van der Waals surface area contributed by atoms with Gasteiger partial charge in [-0.3, -0.25) is 9.59 Å². The van der Waals surface area contributed by atoms with E-state index >= 15 is 0 Å². The van der Waals surface area contributed by atoms with Gasteiger partial charge in [-0.15, -0.1) is 11.8 Å². The van der Waals surface area contributed by atoms with Crippen LogP contribution in [0.1, 0.15) is 10.4 Å². The number of nitrogens with zero attached hydrogens (tertiary/aromatic N) is 2. The maximum Gasteiger partial charge on any atom is 0.255 e. The molecule has 0 spiro atoms. The number of amides is 2. The molecule has 31 heavy (non-hydrogen) atoms. The first-order valence-electron chi connectivity index (χ1n) is 9.63. The Bertz CT molecular complexity index is 1220. The van der Waals surface area contributed by atoms with Crippen LogP contribution in [0.15, 0.2) is 96.0 Å². The normalized spacial score (nSPS) is 10.6. The number of thioether (sulfide) groups is 1. The third-order valence-electron chi connectivity index (χ3n) is 4.57. The van der Waals surface area contributed by atoms with Crippen molar-refractivity contribution < 1.29 is 9.59 Å². The molecule has 0 atom stereocenters. The van der Waals surface area contributed by atoms with Crippen LogP contribution in [-0.4, -0.2) is 27.3 Å². The molecule has 1 heterocycles. The SMILES string of the molecule is NC(=O)CSc1ccccc1NC(=O)c1cccc(-n2nccc2-c2ccccc2)c1. The summed E-state index contributed by atoms with van der Waals surface area (Å²) in [5.74, 6) is -0.515. The lowest BCUT2D eigenvalue weighted by molar-refractivity contribution is -0.115. The lowest BCUT2D eigenvalue weighted by Gasteiger charge is -2.12. The molecule has 0 aliphatic carbocycles. The van der Waals surface area contributed by atoms with E-state index in [1.165, 1.54) is 11.8 Å². The van der Waals surface area contributed by atoms with Gasteiger partial charge in [0.15, 0.2) is 0 Å². The van der Waals surface area contributed by atoms with Crippen LogP contribution in [0.3, 0.4) is 0 Å². The van der Waals surface area contributed by atoms with Crippen molar-refractivity contribution in [1.82, 2.24) is 9.78 Å². The first-order chi connectivity index (χ1) is 15.1. The second kappa shape index (κ2) is 9.32. The number of carbonyl (C=O) groups excluding carboxylic acids is 2. The minimum atomic E-state index is -0.410. The highest BCUT2D eigenvalue weighted by Crippen LogP contribution is 2.27. The molecule has 4 aromatic rings. The Balaban J connectivity index is 1.59. The van der Waals surface area contributed by atoms with Crippen molar-refractivity contribution in [2.24, 2.45) is 5.73 Å². The van der Waals surface area contributed by atoms with Crippen molar-refractivity contribution in [3.8, 4) is 16.9 Å². The Morgan fingerprint density at radius 2 is 1.71 bits per heavy atom. The molecule has 2 amide bonds. The van der Waals surface area contributed by atoms with Crippen molar-refractivity contribution in [2.75, 3.05) is 11.1 Å². The van der Waals surface area contributed by atoms with Crippen LogP contribution in [0.25, 0.3) is 16.9 Å². The summed E-state index contributed by atoms with van der Waals surface area (Å²) < 4.78 is 1.81. The molecule has 3 N–H and O–H groups in total. The zero-order chi connectivity index (χ0) is 21.6. The van der Waals surface area contributed by atoms with Crippen LogP contribution in [0.4, 0.5) is 5.69 Å². The largest absolute Gasteiger partial charge is 0.369 e. The lowest BCUT2D eigenvalue weighted by Crippen LogP contribution is -2.15. The number of nitrogens with two attached hydrogens (primary N) is 1. The molecule has 0 aliphatic rings. The molecule has 0 fully saturated rings. The van der Waals surface area contributed by atoms with Crippen molar-refractivity contribution >= 4 is 29.3 Å². The fourth-order valence-corrected chi connectivity index (χ4v) is 3.90. The van der Waals surface area contributed by atoms with Crippen LogP contribution in [-0.2, 0) is 4.79 Å². The zero-order valence-corrected chi connectivity index (χ0v) is 17.4. The molecule has 0 saturated carbocycles. The average Bonchev–Trinajstić information content (AvgIpc) is 3.29. The van der Waals surface area contributed by atoms with Gasteiger partial charge in [0.1, 0.15) is 0 Å². The van der Waals surface area contributed by atoms with Gasteiger partial charge in [0.2, 0.25) is 5.91 Å². The number of aromatic nitrogens is 2. The molecular weight excluding hydrogens is 408 g/mol. The Kier molecular flexibility index (Phi) is 6.14. The summed E-state index contributed by atoms with van der Waals surface area (Å²) in [4.78, 5) is 24.8. The highest BCUT2D eigenvalue weighted by molar-refractivity contribution is 8.00.